The molecule has 0 bridgehead atoms. The van der Waals surface area contributed by atoms with Crippen LogP contribution in [0.3, 0.4) is 0 Å². The SMILES string of the molecule is O=C(COC(=O)[C@@H]1CC=CCC1)c1ccc(N2CCCC2=O)cc1. The molecule has 126 valence electrons. The summed E-state index contributed by atoms with van der Waals surface area (Å²) in [4.78, 5) is 37.5. The molecule has 1 aromatic rings. The van der Waals surface area contributed by atoms with Gasteiger partial charge >= 0.3 is 5.97 Å². The second kappa shape index (κ2) is 7.43. The number of esters is 1. The van der Waals surface area contributed by atoms with Crippen LogP contribution in [-0.4, -0.2) is 30.8 Å². The first kappa shape index (κ1) is 16.4. The number of Topliss-reactive ketones (excluding diaryl/α,β-unsaturated/α-hetero) is 1. The summed E-state index contributed by atoms with van der Waals surface area (Å²) >= 11 is 0. The number of ether oxygens (including phenoxy) is 1. The van der Waals surface area contributed by atoms with Gasteiger partial charge in [0.1, 0.15) is 0 Å². The molecule has 1 aliphatic carbocycles. The molecular weight excluding hydrogens is 306 g/mol. The average molecular weight is 327 g/mol. The van der Waals surface area contributed by atoms with Gasteiger partial charge in [-0.05, 0) is 49.9 Å². The maximum absolute atomic E-state index is 12.2. The molecule has 1 saturated heterocycles. The second-order valence-corrected chi connectivity index (χ2v) is 6.21. The number of hydrogen-bond donors (Lipinski definition) is 0. The average Bonchev–Trinajstić information content (AvgIpc) is 3.06. The normalized spacial score (nSPS) is 20.2. The molecule has 1 aromatic carbocycles. The maximum atomic E-state index is 12.2. The lowest BCUT2D eigenvalue weighted by Gasteiger charge is -2.17. The highest BCUT2D eigenvalue weighted by molar-refractivity contribution is 5.99. The Morgan fingerprint density at radius 1 is 1.17 bits per heavy atom. The Balaban J connectivity index is 1.54. The van der Waals surface area contributed by atoms with E-state index in [1.54, 1.807) is 29.2 Å². The highest BCUT2D eigenvalue weighted by atomic mass is 16.5. The van der Waals surface area contributed by atoms with E-state index >= 15 is 0 Å². The molecule has 0 aromatic heterocycles. The molecule has 0 saturated carbocycles. The Morgan fingerprint density at radius 3 is 2.58 bits per heavy atom. The topological polar surface area (TPSA) is 63.7 Å². The minimum Gasteiger partial charge on any atom is -0.457 e. The first-order valence-corrected chi connectivity index (χ1v) is 8.40. The van der Waals surface area contributed by atoms with Crippen LogP contribution in [0.25, 0.3) is 0 Å². The van der Waals surface area contributed by atoms with Crippen molar-refractivity contribution in [2.75, 3.05) is 18.1 Å². The zero-order valence-corrected chi connectivity index (χ0v) is 13.6. The third kappa shape index (κ3) is 3.72. The van der Waals surface area contributed by atoms with Crippen LogP contribution in [0.15, 0.2) is 36.4 Å². The Hall–Kier alpha value is -2.43. The van der Waals surface area contributed by atoms with Crippen LogP contribution < -0.4 is 4.90 Å². The molecule has 24 heavy (non-hydrogen) atoms. The summed E-state index contributed by atoms with van der Waals surface area (Å²) in [6, 6.07) is 6.90. The quantitative estimate of drug-likeness (QED) is 0.474. The minimum absolute atomic E-state index is 0.115. The van der Waals surface area contributed by atoms with E-state index in [-0.39, 0.29) is 30.2 Å². The van der Waals surface area contributed by atoms with Crippen LogP contribution in [0, 0.1) is 5.92 Å². The number of benzene rings is 1. The molecule has 1 aliphatic heterocycles. The summed E-state index contributed by atoms with van der Waals surface area (Å²) in [6.07, 6.45) is 7.83. The van der Waals surface area contributed by atoms with E-state index in [0.29, 0.717) is 18.4 Å². The lowest BCUT2D eigenvalue weighted by atomic mass is 9.95. The largest absolute Gasteiger partial charge is 0.457 e. The molecule has 1 fully saturated rings. The molecule has 0 unspecified atom stereocenters. The van der Waals surface area contributed by atoms with Crippen LogP contribution in [-0.2, 0) is 14.3 Å². The van der Waals surface area contributed by atoms with Crippen molar-refractivity contribution in [1.29, 1.82) is 0 Å². The molecule has 0 radical (unpaired) electrons. The van der Waals surface area contributed by atoms with E-state index in [1.165, 1.54) is 0 Å². The molecule has 1 amide bonds. The minimum atomic E-state index is -0.299. The summed E-state index contributed by atoms with van der Waals surface area (Å²) in [6.45, 7) is 0.487. The molecule has 0 spiro atoms. The molecule has 1 atom stereocenters. The fourth-order valence-electron chi connectivity index (χ4n) is 3.09. The number of ketones is 1. The monoisotopic (exact) mass is 327 g/mol. The van der Waals surface area contributed by atoms with Gasteiger partial charge in [0, 0.05) is 24.2 Å². The van der Waals surface area contributed by atoms with E-state index in [2.05, 4.69) is 6.08 Å². The summed E-state index contributed by atoms with van der Waals surface area (Å²) in [5.74, 6) is -0.545. The van der Waals surface area contributed by atoms with E-state index in [0.717, 1.165) is 31.5 Å². The van der Waals surface area contributed by atoms with Crippen molar-refractivity contribution in [3.8, 4) is 0 Å². The van der Waals surface area contributed by atoms with Gasteiger partial charge in [0.05, 0.1) is 5.92 Å². The van der Waals surface area contributed by atoms with Crippen molar-refractivity contribution in [2.45, 2.75) is 32.1 Å². The van der Waals surface area contributed by atoms with Crippen LogP contribution in [0.2, 0.25) is 0 Å². The van der Waals surface area contributed by atoms with E-state index in [9.17, 15) is 14.4 Å². The molecule has 3 rings (SSSR count). The standard InChI is InChI=1S/C19H21NO4/c21-17(13-24-19(23)15-5-2-1-3-6-15)14-8-10-16(11-9-14)20-12-4-7-18(20)22/h1-2,8-11,15H,3-7,12-13H2/t15-/m1/s1. The van der Waals surface area contributed by atoms with Gasteiger partial charge in [-0.2, -0.15) is 0 Å². The first-order valence-electron chi connectivity index (χ1n) is 8.40. The number of anilines is 1. The van der Waals surface area contributed by atoms with Crippen molar-refractivity contribution in [2.24, 2.45) is 5.92 Å². The van der Waals surface area contributed by atoms with Crippen molar-refractivity contribution in [1.82, 2.24) is 0 Å². The van der Waals surface area contributed by atoms with Crippen molar-refractivity contribution in [3.05, 3.63) is 42.0 Å². The molecular formula is C19H21NO4. The molecule has 5 nitrogen and oxygen atoms in total. The smallest absolute Gasteiger partial charge is 0.309 e. The number of hydrogen-bond acceptors (Lipinski definition) is 4. The molecule has 1 heterocycles. The van der Waals surface area contributed by atoms with Gasteiger partial charge in [0.2, 0.25) is 5.91 Å². The summed E-state index contributed by atoms with van der Waals surface area (Å²) < 4.78 is 5.16. The third-order valence-corrected chi connectivity index (χ3v) is 4.52. The number of carbonyl (C=O) groups excluding carboxylic acids is 3. The molecule has 0 N–H and O–H groups in total. The van der Waals surface area contributed by atoms with Crippen LogP contribution in [0.1, 0.15) is 42.5 Å². The Morgan fingerprint density at radius 2 is 1.96 bits per heavy atom. The van der Waals surface area contributed by atoms with Crippen molar-refractivity contribution in [3.63, 3.8) is 0 Å². The molecule has 2 aliphatic rings. The van der Waals surface area contributed by atoms with Crippen LogP contribution in [0.5, 0.6) is 0 Å². The number of nitrogens with zero attached hydrogens (tertiary/aromatic N) is 1. The van der Waals surface area contributed by atoms with Crippen LogP contribution >= 0.6 is 0 Å². The highest BCUT2D eigenvalue weighted by Crippen LogP contribution is 2.22. The van der Waals surface area contributed by atoms with Gasteiger partial charge in [-0.25, -0.2) is 0 Å². The number of rotatable bonds is 5. The number of carbonyl (C=O) groups is 3. The van der Waals surface area contributed by atoms with Crippen molar-refractivity contribution >= 4 is 23.3 Å². The van der Waals surface area contributed by atoms with Gasteiger partial charge in [-0.15, -0.1) is 0 Å². The Kier molecular flexibility index (Phi) is 5.08. The summed E-state index contributed by atoms with van der Waals surface area (Å²) in [5.41, 5.74) is 1.29. The lowest BCUT2D eigenvalue weighted by Crippen LogP contribution is -2.24. The van der Waals surface area contributed by atoms with Crippen LogP contribution in [0.4, 0.5) is 5.69 Å². The zero-order chi connectivity index (χ0) is 16.9. The zero-order valence-electron chi connectivity index (χ0n) is 13.6. The first-order chi connectivity index (χ1) is 11.6. The Labute approximate surface area is 141 Å². The van der Waals surface area contributed by atoms with E-state index < -0.39 is 0 Å². The van der Waals surface area contributed by atoms with Gasteiger partial charge in [-0.1, -0.05) is 12.2 Å². The maximum Gasteiger partial charge on any atom is 0.309 e. The summed E-state index contributed by atoms with van der Waals surface area (Å²) in [5, 5.41) is 0. The predicted octanol–water partition coefficient (Wildman–Crippen LogP) is 2.90. The van der Waals surface area contributed by atoms with Gasteiger partial charge in [0.25, 0.3) is 0 Å². The summed E-state index contributed by atoms with van der Waals surface area (Å²) in [7, 11) is 0. The fraction of sp³-hybridized carbons (Fsp3) is 0.421. The highest BCUT2D eigenvalue weighted by Gasteiger charge is 2.23. The fourth-order valence-corrected chi connectivity index (χ4v) is 3.09. The van der Waals surface area contributed by atoms with E-state index in [4.69, 9.17) is 4.74 Å². The Bertz CT molecular complexity index is 662. The molecule has 5 heteroatoms. The third-order valence-electron chi connectivity index (χ3n) is 4.52. The second-order valence-electron chi connectivity index (χ2n) is 6.21. The number of amides is 1. The van der Waals surface area contributed by atoms with E-state index in [1.807, 2.05) is 6.08 Å². The van der Waals surface area contributed by atoms with Gasteiger partial charge in [-0.3, -0.25) is 14.4 Å². The lowest BCUT2D eigenvalue weighted by molar-refractivity contribution is -0.147. The van der Waals surface area contributed by atoms with Crippen molar-refractivity contribution < 1.29 is 19.1 Å². The van der Waals surface area contributed by atoms with Gasteiger partial charge < -0.3 is 9.64 Å². The van der Waals surface area contributed by atoms with Gasteiger partial charge in [0.15, 0.2) is 12.4 Å². The predicted molar refractivity (Wildman–Crippen MR) is 89.8 cm³/mol. The number of allylic oxidation sites excluding steroid dienone is 2.